The van der Waals surface area contributed by atoms with Crippen molar-refractivity contribution in [2.75, 3.05) is 5.73 Å². The van der Waals surface area contributed by atoms with E-state index in [1.807, 2.05) is 31.2 Å². The number of halogens is 1. The van der Waals surface area contributed by atoms with Gasteiger partial charge in [0, 0.05) is 17.5 Å². The molecule has 0 saturated heterocycles. The third kappa shape index (κ3) is 2.45. The lowest BCUT2D eigenvalue weighted by Crippen LogP contribution is -2.00. The standard InChI is InChI=1S/C17H16FN3/c1-10-6-17(20)21-16-8-12(2-4-14(10)16)11-3-5-15(18)13(7-11)9-19/h2-8H,9,19H2,1H3,(H2,20,21). The van der Waals surface area contributed by atoms with Crippen LogP contribution in [0.15, 0.2) is 42.5 Å². The third-order valence-electron chi connectivity index (χ3n) is 3.64. The first-order valence-electron chi connectivity index (χ1n) is 6.74. The van der Waals surface area contributed by atoms with E-state index in [9.17, 15) is 4.39 Å². The summed E-state index contributed by atoms with van der Waals surface area (Å²) in [7, 11) is 0. The Hall–Kier alpha value is -2.46. The smallest absolute Gasteiger partial charge is 0.127 e. The van der Waals surface area contributed by atoms with Crippen LogP contribution in [0.3, 0.4) is 0 Å². The van der Waals surface area contributed by atoms with Gasteiger partial charge in [0.1, 0.15) is 11.6 Å². The minimum Gasteiger partial charge on any atom is -0.384 e. The Kier molecular flexibility index (Phi) is 3.31. The molecule has 3 nitrogen and oxygen atoms in total. The Balaban J connectivity index is 2.17. The summed E-state index contributed by atoms with van der Waals surface area (Å²) in [6.07, 6.45) is 0. The summed E-state index contributed by atoms with van der Waals surface area (Å²) in [4.78, 5) is 4.36. The van der Waals surface area contributed by atoms with Crippen LogP contribution in [0.4, 0.5) is 10.2 Å². The van der Waals surface area contributed by atoms with Crippen molar-refractivity contribution in [2.24, 2.45) is 5.73 Å². The summed E-state index contributed by atoms with van der Waals surface area (Å²) < 4.78 is 13.5. The molecule has 1 aromatic heterocycles. The van der Waals surface area contributed by atoms with Crippen LogP contribution in [0.2, 0.25) is 0 Å². The molecule has 0 atom stereocenters. The lowest BCUT2D eigenvalue weighted by Gasteiger charge is -2.08. The molecule has 3 rings (SSSR count). The van der Waals surface area contributed by atoms with Crippen LogP contribution in [0.25, 0.3) is 22.0 Å². The normalized spacial score (nSPS) is 11.0. The molecule has 0 saturated carbocycles. The molecular weight excluding hydrogens is 265 g/mol. The summed E-state index contributed by atoms with van der Waals surface area (Å²) in [5, 5.41) is 1.06. The molecule has 0 aliphatic carbocycles. The molecule has 0 amide bonds. The van der Waals surface area contributed by atoms with Gasteiger partial charge in [-0.05, 0) is 47.9 Å². The SMILES string of the molecule is Cc1cc(N)nc2cc(-c3ccc(F)c(CN)c3)ccc12. The van der Waals surface area contributed by atoms with Gasteiger partial charge in [-0.1, -0.05) is 18.2 Å². The monoisotopic (exact) mass is 281 g/mol. The number of rotatable bonds is 2. The van der Waals surface area contributed by atoms with Gasteiger partial charge in [0.25, 0.3) is 0 Å². The Labute approximate surface area is 122 Å². The number of aryl methyl sites for hydroxylation is 1. The summed E-state index contributed by atoms with van der Waals surface area (Å²) in [6.45, 7) is 2.18. The number of hydrogen-bond acceptors (Lipinski definition) is 3. The van der Waals surface area contributed by atoms with Crippen LogP contribution < -0.4 is 11.5 Å². The highest BCUT2D eigenvalue weighted by molar-refractivity contribution is 5.88. The van der Waals surface area contributed by atoms with Crippen molar-refractivity contribution in [3.63, 3.8) is 0 Å². The largest absolute Gasteiger partial charge is 0.384 e. The molecule has 4 N–H and O–H groups in total. The number of aromatic nitrogens is 1. The second kappa shape index (κ2) is 5.14. The van der Waals surface area contributed by atoms with Gasteiger partial charge >= 0.3 is 0 Å². The molecule has 0 radical (unpaired) electrons. The number of benzene rings is 2. The van der Waals surface area contributed by atoms with Crippen LogP contribution in [-0.4, -0.2) is 4.98 Å². The molecule has 1 heterocycles. The Morgan fingerprint density at radius 1 is 1.05 bits per heavy atom. The van der Waals surface area contributed by atoms with Gasteiger partial charge in [-0.2, -0.15) is 0 Å². The predicted molar refractivity (Wildman–Crippen MR) is 84.2 cm³/mol. The molecule has 2 aromatic carbocycles. The van der Waals surface area contributed by atoms with Gasteiger partial charge in [0.2, 0.25) is 0 Å². The number of fused-ring (bicyclic) bond motifs is 1. The fraction of sp³-hybridized carbons (Fsp3) is 0.118. The zero-order chi connectivity index (χ0) is 15.0. The van der Waals surface area contributed by atoms with Crippen molar-refractivity contribution in [3.05, 3.63) is 59.4 Å². The number of hydrogen-bond donors (Lipinski definition) is 2. The zero-order valence-electron chi connectivity index (χ0n) is 11.7. The lowest BCUT2D eigenvalue weighted by molar-refractivity contribution is 0.611. The van der Waals surface area contributed by atoms with Gasteiger partial charge < -0.3 is 11.5 Å². The van der Waals surface area contributed by atoms with Gasteiger partial charge in [0.05, 0.1) is 5.52 Å². The first-order valence-corrected chi connectivity index (χ1v) is 6.74. The van der Waals surface area contributed by atoms with E-state index in [1.54, 1.807) is 12.1 Å². The highest BCUT2D eigenvalue weighted by Gasteiger charge is 2.07. The zero-order valence-corrected chi connectivity index (χ0v) is 11.7. The number of nitrogens with zero attached hydrogens (tertiary/aromatic N) is 1. The molecule has 106 valence electrons. The fourth-order valence-electron chi connectivity index (χ4n) is 2.52. The topological polar surface area (TPSA) is 64.9 Å². The maximum absolute atomic E-state index is 13.5. The molecule has 4 heteroatoms. The second-order valence-corrected chi connectivity index (χ2v) is 5.11. The molecule has 3 aromatic rings. The van der Waals surface area contributed by atoms with Crippen molar-refractivity contribution in [1.29, 1.82) is 0 Å². The molecule has 21 heavy (non-hydrogen) atoms. The number of anilines is 1. The maximum Gasteiger partial charge on any atom is 0.127 e. The minimum absolute atomic E-state index is 0.178. The molecular formula is C17H16FN3. The average Bonchev–Trinajstić information content (AvgIpc) is 2.47. The number of nitrogens with two attached hydrogens (primary N) is 2. The van der Waals surface area contributed by atoms with E-state index in [0.717, 1.165) is 27.6 Å². The fourth-order valence-corrected chi connectivity index (χ4v) is 2.52. The maximum atomic E-state index is 13.5. The van der Waals surface area contributed by atoms with Crippen LogP contribution in [0.5, 0.6) is 0 Å². The lowest BCUT2D eigenvalue weighted by atomic mass is 10.00. The van der Waals surface area contributed by atoms with E-state index in [1.165, 1.54) is 6.07 Å². The second-order valence-electron chi connectivity index (χ2n) is 5.11. The third-order valence-corrected chi connectivity index (χ3v) is 3.64. The van der Waals surface area contributed by atoms with Gasteiger partial charge in [-0.3, -0.25) is 0 Å². The van der Waals surface area contributed by atoms with E-state index in [-0.39, 0.29) is 12.4 Å². The minimum atomic E-state index is -0.278. The molecule has 0 aliphatic heterocycles. The highest BCUT2D eigenvalue weighted by Crippen LogP contribution is 2.27. The van der Waals surface area contributed by atoms with Crippen molar-refractivity contribution in [3.8, 4) is 11.1 Å². The van der Waals surface area contributed by atoms with E-state index in [0.29, 0.717) is 11.4 Å². The Morgan fingerprint density at radius 2 is 1.76 bits per heavy atom. The Morgan fingerprint density at radius 3 is 2.52 bits per heavy atom. The van der Waals surface area contributed by atoms with Crippen molar-refractivity contribution < 1.29 is 4.39 Å². The summed E-state index contributed by atoms with van der Waals surface area (Å²) in [5.74, 6) is 0.221. The summed E-state index contributed by atoms with van der Waals surface area (Å²) >= 11 is 0. The quantitative estimate of drug-likeness (QED) is 0.756. The average molecular weight is 281 g/mol. The van der Waals surface area contributed by atoms with Gasteiger partial charge in [0.15, 0.2) is 0 Å². The first-order chi connectivity index (χ1) is 10.1. The Bertz CT molecular complexity index is 828. The van der Waals surface area contributed by atoms with Gasteiger partial charge in [-0.25, -0.2) is 9.37 Å². The first kappa shape index (κ1) is 13.5. The molecule has 0 unspecified atom stereocenters. The van der Waals surface area contributed by atoms with Crippen LogP contribution >= 0.6 is 0 Å². The van der Waals surface area contributed by atoms with E-state index in [4.69, 9.17) is 11.5 Å². The van der Waals surface area contributed by atoms with E-state index >= 15 is 0 Å². The number of pyridine rings is 1. The van der Waals surface area contributed by atoms with Crippen LogP contribution in [0.1, 0.15) is 11.1 Å². The van der Waals surface area contributed by atoms with Gasteiger partial charge in [-0.15, -0.1) is 0 Å². The summed E-state index contributed by atoms with van der Waals surface area (Å²) in [5.41, 5.74) is 15.7. The van der Waals surface area contributed by atoms with Crippen molar-refractivity contribution >= 4 is 16.7 Å². The molecule has 0 bridgehead atoms. The van der Waals surface area contributed by atoms with Crippen LogP contribution in [0, 0.1) is 12.7 Å². The number of nitrogen functional groups attached to an aromatic ring is 1. The highest BCUT2D eigenvalue weighted by atomic mass is 19.1. The molecule has 0 spiro atoms. The van der Waals surface area contributed by atoms with Crippen molar-refractivity contribution in [1.82, 2.24) is 4.98 Å². The van der Waals surface area contributed by atoms with Crippen molar-refractivity contribution in [2.45, 2.75) is 13.5 Å². The molecule has 0 fully saturated rings. The van der Waals surface area contributed by atoms with E-state index < -0.39 is 0 Å². The summed E-state index contributed by atoms with van der Waals surface area (Å²) in [6, 6.07) is 12.8. The predicted octanol–water partition coefficient (Wildman–Crippen LogP) is 3.39. The molecule has 0 aliphatic rings. The van der Waals surface area contributed by atoms with E-state index in [2.05, 4.69) is 4.98 Å². The van der Waals surface area contributed by atoms with Crippen LogP contribution in [-0.2, 0) is 6.54 Å².